The Balaban J connectivity index is 1.24. The van der Waals surface area contributed by atoms with E-state index in [1.165, 1.54) is 38.6 Å². The van der Waals surface area contributed by atoms with Crippen LogP contribution in [-0.4, -0.2) is 66.7 Å². The second kappa shape index (κ2) is 10.1. The highest BCUT2D eigenvalue weighted by molar-refractivity contribution is 5.52. The molecule has 7 nitrogen and oxygen atoms in total. The van der Waals surface area contributed by atoms with Crippen molar-refractivity contribution in [2.45, 2.75) is 58.4 Å². The summed E-state index contributed by atoms with van der Waals surface area (Å²) in [5, 5.41) is 4.93. The molecule has 3 aliphatic heterocycles. The number of morpholine rings is 1. The first-order chi connectivity index (χ1) is 16.5. The van der Waals surface area contributed by atoms with Gasteiger partial charge >= 0.3 is 6.04 Å². The zero-order chi connectivity index (χ0) is 23.5. The van der Waals surface area contributed by atoms with Crippen molar-refractivity contribution < 1.29 is 18.6 Å². The highest BCUT2D eigenvalue weighted by atomic mass is 19.2. The molecular formula is C26H37FN4O3. The fourth-order valence-electron chi connectivity index (χ4n) is 5.20. The highest BCUT2D eigenvalue weighted by Gasteiger charge is 2.40. The summed E-state index contributed by atoms with van der Waals surface area (Å²) in [5.74, 6) is 2.64. The number of benzene rings is 1. The largest absolute Gasteiger partial charge is 0.423 e. The third-order valence-electron chi connectivity index (χ3n) is 7.37. The summed E-state index contributed by atoms with van der Waals surface area (Å²) >= 11 is 0. The van der Waals surface area contributed by atoms with Crippen molar-refractivity contribution in [3.63, 3.8) is 0 Å². The maximum atomic E-state index is 14.5. The number of rotatable bonds is 6. The van der Waals surface area contributed by atoms with Crippen LogP contribution in [0, 0.1) is 12.8 Å². The van der Waals surface area contributed by atoms with Crippen LogP contribution in [0.1, 0.15) is 51.1 Å². The van der Waals surface area contributed by atoms with Crippen molar-refractivity contribution in [3.05, 3.63) is 30.0 Å². The van der Waals surface area contributed by atoms with E-state index in [2.05, 4.69) is 22.8 Å². The maximum Gasteiger partial charge on any atom is 0.407 e. The molecule has 0 N–H and O–H groups in total. The summed E-state index contributed by atoms with van der Waals surface area (Å²) in [6.45, 7) is 10.9. The zero-order valence-electron chi connectivity index (χ0n) is 20.5. The smallest absolute Gasteiger partial charge is 0.407 e. The van der Waals surface area contributed by atoms with E-state index in [4.69, 9.17) is 19.3 Å². The van der Waals surface area contributed by atoms with E-state index in [0.29, 0.717) is 11.5 Å². The molecule has 186 valence electrons. The molecule has 1 aromatic heterocycles. The minimum atomic E-state index is -2.08. The number of hydrogen-bond donors (Lipinski definition) is 0. The Bertz CT molecular complexity index is 977. The van der Waals surface area contributed by atoms with Crippen LogP contribution in [0.25, 0.3) is 5.69 Å². The first kappa shape index (κ1) is 23.4. The Labute approximate surface area is 201 Å². The average Bonchev–Trinajstić information content (AvgIpc) is 3.38. The monoisotopic (exact) mass is 472 g/mol. The molecule has 2 saturated heterocycles. The van der Waals surface area contributed by atoms with E-state index >= 15 is 0 Å². The van der Waals surface area contributed by atoms with Crippen LogP contribution in [0.4, 0.5) is 10.2 Å². The Kier molecular flexibility index (Phi) is 6.97. The van der Waals surface area contributed by atoms with Gasteiger partial charge in [-0.15, -0.1) is 0 Å². The number of hydrogen-bond acceptors (Lipinski definition) is 6. The zero-order valence-corrected chi connectivity index (χ0v) is 20.5. The summed E-state index contributed by atoms with van der Waals surface area (Å²) in [7, 11) is 0. The van der Waals surface area contributed by atoms with Gasteiger partial charge in [0.25, 0.3) is 0 Å². The van der Waals surface area contributed by atoms with Gasteiger partial charge in [0, 0.05) is 44.0 Å². The molecule has 0 spiro atoms. The molecule has 2 aromatic rings. The predicted molar refractivity (Wildman–Crippen MR) is 130 cm³/mol. The number of ether oxygens (including phenoxy) is 3. The minimum absolute atomic E-state index is 0.129. The Morgan fingerprint density at radius 2 is 1.85 bits per heavy atom. The predicted octanol–water partition coefficient (Wildman–Crippen LogP) is 4.70. The maximum absolute atomic E-state index is 14.5. The normalized spacial score (nSPS) is 25.9. The van der Waals surface area contributed by atoms with Crippen molar-refractivity contribution >= 4 is 5.82 Å². The van der Waals surface area contributed by atoms with Gasteiger partial charge in [-0.1, -0.05) is 19.8 Å². The van der Waals surface area contributed by atoms with Gasteiger partial charge in [0.2, 0.25) is 0 Å². The van der Waals surface area contributed by atoms with Gasteiger partial charge < -0.3 is 19.1 Å². The van der Waals surface area contributed by atoms with Gasteiger partial charge in [0.15, 0.2) is 17.3 Å². The molecule has 5 rings (SSSR count). The van der Waals surface area contributed by atoms with Crippen molar-refractivity contribution in [2.75, 3.05) is 50.8 Å². The Morgan fingerprint density at radius 3 is 2.68 bits per heavy atom. The third kappa shape index (κ3) is 5.18. The van der Waals surface area contributed by atoms with E-state index in [0.717, 1.165) is 62.5 Å². The van der Waals surface area contributed by atoms with Crippen LogP contribution in [0.3, 0.4) is 0 Å². The van der Waals surface area contributed by atoms with Gasteiger partial charge in [-0.25, -0.2) is 4.68 Å². The van der Waals surface area contributed by atoms with Crippen molar-refractivity contribution in [1.82, 2.24) is 14.7 Å². The highest BCUT2D eigenvalue weighted by Crippen LogP contribution is 2.42. The second-order valence-electron chi connectivity index (χ2n) is 9.78. The van der Waals surface area contributed by atoms with Crippen molar-refractivity contribution in [3.8, 4) is 17.2 Å². The van der Waals surface area contributed by atoms with Gasteiger partial charge in [-0.05, 0) is 50.8 Å². The Hall–Kier alpha value is -2.32. The SMILES string of the molecule is CCC1(F)Oc2ccc(-n3nc(N4CCCCC(CCN5CCOCC5)CC4)cc3C)cc2O1. The van der Waals surface area contributed by atoms with Gasteiger partial charge in [0.1, 0.15) is 0 Å². The standard InChI is InChI=1S/C26H37FN4O3/c1-3-26(27)33-23-8-7-22(19-24(23)34-26)31-20(2)18-25(28-31)30-11-5-4-6-21(10-13-30)9-12-29-14-16-32-17-15-29/h7-8,18-19,21H,3-6,9-17H2,1-2H3. The van der Waals surface area contributed by atoms with Crippen molar-refractivity contribution in [1.29, 1.82) is 0 Å². The number of halogens is 1. The van der Waals surface area contributed by atoms with Crippen molar-refractivity contribution in [2.24, 2.45) is 5.92 Å². The van der Waals surface area contributed by atoms with E-state index < -0.39 is 6.04 Å². The first-order valence-corrected chi connectivity index (χ1v) is 12.9. The van der Waals surface area contributed by atoms with E-state index in [9.17, 15) is 4.39 Å². The molecule has 0 aliphatic carbocycles. The molecule has 0 saturated carbocycles. The summed E-state index contributed by atoms with van der Waals surface area (Å²) in [6, 6.07) is 5.56. The molecule has 0 bridgehead atoms. The van der Waals surface area contributed by atoms with Gasteiger partial charge in [0.05, 0.1) is 25.3 Å². The molecule has 2 atom stereocenters. The first-order valence-electron chi connectivity index (χ1n) is 12.9. The van der Waals surface area contributed by atoms with Crippen LogP contribution in [0.5, 0.6) is 11.5 Å². The summed E-state index contributed by atoms with van der Waals surface area (Å²) in [6.07, 6.45) is 6.40. The quantitative estimate of drug-likeness (QED) is 0.607. The lowest BCUT2D eigenvalue weighted by atomic mass is 9.92. The number of nitrogens with zero attached hydrogens (tertiary/aromatic N) is 4. The average molecular weight is 473 g/mol. The fraction of sp³-hybridized carbons (Fsp3) is 0.654. The number of fused-ring (bicyclic) bond motifs is 1. The molecule has 2 unspecified atom stereocenters. The van der Waals surface area contributed by atoms with Crippen LogP contribution in [0.15, 0.2) is 24.3 Å². The molecule has 4 heterocycles. The molecular weight excluding hydrogens is 435 g/mol. The third-order valence-corrected chi connectivity index (χ3v) is 7.37. The molecule has 3 aliphatic rings. The fourth-order valence-corrected chi connectivity index (χ4v) is 5.20. The lowest BCUT2D eigenvalue weighted by molar-refractivity contribution is -0.191. The molecule has 8 heteroatoms. The van der Waals surface area contributed by atoms with Gasteiger partial charge in [-0.3, -0.25) is 4.90 Å². The number of aryl methyl sites for hydroxylation is 1. The topological polar surface area (TPSA) is 52.0 Å². The van der Waals surface area contributed by atoms with E-state index in [1.807, 2.05) is 16.8 Å². The van der Waals surface area contributed by atoms with Crippen LogP contribution in [0.2, 0.25) is 0 Å². The summed E-state index contributed by atoms with van der Waals surface area (Å²) < 4.78 is 32.6. The van der Waals surface area contributed by atoms with Crippen LogP contribution >= 0.6 is 0 Å². The number of alkyl halides is 1. The molecule has 34 heavy (non-hydrogen) atoms. The van der Waals surface area contributed by atoms with Crippen LogP contribution < -0.4 is 14.4 Å². The van der Waals surface area contributed by atoms with E-state index in [1.54, 1.807) is 13.0 Å². The lowest BCUT2D eigenvalue weighted by Crippen LogP contribution is -2.38. The minimum Gasteiger partial charge on any atom is -0.423 e. The molecule has 0 radical (unpaired) electrons. The molecule has 1 aromatic carbocycles. The number of aromatic nitrogens is 2. The lowest BCUT2D eigenvalue weighted by Gasteiger charge is -2.31. The van der Waals surface area contributed by atoms with Gasteiger partial charge in [-0.2, -0.15) is 9.49 Å². The molecule has 2 fully saturated rings. The van der Waals surface area contributed by atoms with Crippen LogP contribution in [-0.2, 0) is 4.74 Å². The second-order valence-corrected chi connectivity index (χ2v) is 9.78. The van der Waals surface area contributed by atoms with E-state index in [-0.39, 0.29) is 6.42 Å². The summed E-state index contributed by atoms with van der Waals surface area (Å²) in [4.78, 5) is 4.98. The summed E-state index contributed by atoms with van der Waals surface area (Å²) in [5.41, 5.74) is 1.89. The Morgan fingerprint density at radius 1 is 1.03 bits per heavy atom. The number of anilines is 1. The molecule has 0 amide bonds.